The molecule has 1 aliphatic heterocycles. The molecule has 2 unspecified atom stereocenters. The van der Waals surface area contributed by atoms with E-state index in [0.717, 1.165) is 0 Å². The van der Waals surface area contributed by atoms with Gasteiger partial charge in [-0.1, -0.05) is 0 Å². The lowest BCUT2D eigenvalue weighted by Crippen LogP contribution is -2.68. The minimum atomic E-state index is -3.11. The van der Waals surface area contributed by atoms with Crippen LogP contribution in [0, 0.1) is 0 Å². The average Bonchev–Trinajstić information content (AvgIpc) is 3.01. The molecular weight excluding hydrogens is 716 g/mol. The van der Waals surface area contributed by atoms with Crippen LogP contribution in [-0.2, 0) is 61.0 Å². The van der Waals surface area contributed by atoms with Gasteiger partial charge in [-0.15, -0.1) is 0 Å². The van der Waals surface area contributed by atoms with E-state index >= 15 is 0 Å². The summed E-state index contributed by atoms with van der Waals surface area (Å²) in [5.41, 5.74) is 0. The van der Waals surface area contributed by atoms with E-state index in [1.807, 2.05) is 26.2 Å². The third kappa shape index (κ3) is 12.9. The molecule has 14 nitrogen and oxygen atoms in total. The van der Waals surface area contributed by atoms with E-state index in [0.29, 0.717) is 48.7 Å². The molecule has 1 rings (SSSR count). The molecule has 0 aromatic rings. The Hall–Kier alpha value is 0.888. The highest BCUT2D eigenvalue weighted by Crippen LogP contribution is 2.41. The van der Waals surface area contributed by atoms with Gasteiger partial charge in [0.1, 0.15) is 0 Å². The van der Waals surface area contributed by atoms with Crippen molar-refractivity contribution in [1.29, 1.82) is 0 Å². The van der Waals surface area contributed by atoms with Crippen molar-refractivity contribution in [3.8, 4) is 0 Å². The first-order chi connectivity index (χ1) is 21.1. The van der Waals surface area contributed by atoms with Gasteiger partial charge in [-0.25, -0.2) is 4.39 Å². The number of alkyl halides is 1. The fourth-order valence-corrected chi connectivity index (χ4v) is 39.0. The lowest BCUT2D eigenvalue weighted by atomic mass is 10.5. The monoisotopic (exact) mass is 774 g/mol. The van der Waals surface area contributed by atoms with Gasteiger partial charge >= 0.3 is 60.7 Å². The second-order valence-electron chi connectivity index (χ2n) is 11.5. The summed E-state index contributed by atoms with van der Waals surface area (Å²) in [4.78, 5) is 0. The molecule has 1 fully saturated rings. The van der Waals surface area contributed by atoms with Gasteiger partial charge in [0.25, 0.3) is 0 Å². The van der Waals surface area contributed by atoms with Crippen LogP contribution in [0.3, 0.4) is 0 Å². The summed E-state index contributed by atoms with van der Waals surface area (Å²) in [6.07, 6.45) is 0.555. The van der Waals surface area contributed by atoms with Crippen LogP contribution in [0.25, 0.3) is 0 Å². The number of hydrogen-bond donors (Lipinski definition) is 0. The molecule has 270 valence electrons. The van der Waals surface area contributed by atoms with E-state index in [2.05, 4.69) is 0 Å². The SMILES string of the molecule is CO[Si](CC[Si]1(C)O[Si](C)(CCCOCF)O[Si](C)(CC[Si](OC)(OC)OC)O[Si](C)(CC[Si](OC)(OC)OC)O1)(OC)OC. The molecule has 1 saturated heterocycles. The molecule has 0 spiro atoms. The predicted molar refractivity (Wildman–Crippen MR) is 181 cm³/mol. The fraction of sp³-hybridized carbons (Fsp3) is 1.00. The third-order valence-corrected chi connectivity index (χ3v) is 36.4. The standard InChI is InChI=1S/C23H59FO14Si7/c1-25-43(26-2,27-3)20-17-40(11)35-39(10,16-14-15-34-23-24)36-41(12,18-21-44(28-4,29-5)30-6)38-42(13,37-40)19-22-45(31-7,32-8)33-9/h14-23H2,1-13H3. The zero-order valence-corrected chi connectivity index (χ0v) is 36.7. The van der Waals surface area contributed by atoms with Crippen LogP contribution >= 0.6 is 0 Å². The van der Waals surface area contributed by atoms with E-state index in [1.165, 1.54) is 0 Å². The largest absolute Gasteiger partial charge is 0.500 e. The molecule has 2 atom stereocenters. The van der Waals surface area contributed by atoms with Crippen LogP contribution in [-0.4, -0.2) is 138 Å². The molecule has 0 N–H and O–H groups in total. The smallest absolute Gasteiger partial charge is 0.416 e. The Balaban J connectivity index is 3.66. The highest BCUT2D eigenvalue weighted by atomic mass is 28.5. The zero-order chi connectivity index (χ0) is 34.5. The summed E-state index contributed by atoms with van der Waals surface area (Å²) in [7, 11) is -6.92. The van der Waals surface area contributed by atoms with Crippen molar-refractivity contribution in [2.24, 2.45) is 0 Å². The molecule has 22 heteroatoms. The summed E-state index contributed by atoms with van der Waals surface area (Å²) in [5, 5.41) is 0. The Morgan fingerprint density at radius 2 is 0.689 bits per heavy atom. The Morgan fingerprint density at radius 1 is 0.444 bits per heavy atom. The number of halogens is 1. The van der Waals surface area contributed by atoms with Crippen LogP contribution in [0.1, 0.15) is 6.42 Å². The Kier molecular flexibility index (Phi) is 18.9. The number of hydrogen-bond acceptors (Lipinski definition) is 14. The van der Waals surface area contributed by atoms with E-state index in [9.17, 15) is 4.39 Å². The topological polar surface area (TPSA) is 129 Å². The van der Waals surface area contributed by atoms with Crippen molar-refractivity contribution in [3.05, 3.63) is 0 Å². The van der Waals surface area contributed by atoms with Gasteiger partial charge in [-0.3, -0.25) is 0 Å². The maximum atomic E-state index is 12.8. The van der Waals surface area contributed by atoms with E-state index in [-0.39, 0.29) is 6.61 Å². The summed E-state index contributed by atoms with van der Waals surface area (Å²) < 4.78 is 98.2. The van der Waals surface area contributed by atoms with Crippen molar-refractivity contribution >= 4 is 60.7 Å². The first-order valence-corrected chi connectivity index (χ1v) is 30.9. The van der Waals surface area contributed by atoms with Crippen LogP contribution < -0.4 is 0 Å². The van der Waals surface area contributed by atoms with Gasteiger partial charge in [0, 0.05) is 88.7 Å². The van der Waals surface area contributed by atoms with Crippen molar-refractivity contribution in [3.63, 3.8) is 0 Å². The van der Waals surface area contributed by atoms with Gasteiger partial charge < -0.3 is 61.0 Å². The summed E-state index contributed by atoms with van der Waals surface area (Å²) in [6, 6.07) is 3.52. The van der Waals surface area contributed by atoms with Crippen LogP contribution in [0.4, 0.5) is 4.39 Å². The van der Waals surface area contributed by atoms with Crippen molar-refractivity contribution in [2.45, 2.75) is 74.9 Å². The van der Waals surface area contributed by atoms with Crippen molar-refractivity contribution in [2.75, 3.05) is 77.5 Å². The van der Waals surface area contributed by atoms with Gasteiger partial charge in [-0.05, 0) is 56.8 Å². The van der Waals surface area contributed by atoms with Crippen LogP contribution in [0.2, 0.25) is 68.5 Å². The minimum absolute atomic E-state index is 0.244. The number of ether oxygens (including phenoxy) is 1. The molecule has 0 aliphatic carbocycles. The lowest BCUT2D eigenvalue weighted by Gasteiger charge is -2.51. The predicted octanol–water partition coefficient (Wildman–Crippen LogP) is 4.32. The molecule has 0 aromatic heterocycles. The third-order valence-electron chi connectivity index (χ3n) is 8.18. The molecule has 0 bridgehead atoms. The molecule has 1 aliphatic rings. The second kappa shape index (κ2) is 19.3. The maximum absolute atomic E-state index is 12.8. The lowest BCUT2D eigenvalue weighted by molar-refractivity contribution is 0.0574. The Labute approximate surface area is 277 Å². The fourth-order valence-electron chi connectivity index (χ4n) is 5.68. The number of rotatable bonds is 23. The molecule has 45 heavy (non-hydrogen) atoms. The summed E-state index contributed by atoms with van der Waals surface area (Å²) in [6.45, 7) is 7.52. The average molecular weight is 775 g/mol. The van der Waals surface area contributed by atoms with Gasteiger partial charge in [-0.2, -0.15) is 0 Å². The van der Waals surface area contributed by atoms with Crippen molar-refractivity contribution in [1.82, 2.24) is 0 Å². The maximum Gasteiger partial charge on any atom is 0.500 e. The molecule has 0 radical (unpaired) electrons. The normalized spacial score (nSPS) is 28.7. The molecule has 0 aromatic carbocycles. The second-order valence-corrected chi connectivity index (χ2v) is 35.1. The van der Waals surface area contributed by atoms with E-state index in [4.69, 9.17) is 61.0 Å². The zero-order valence-electron chi connectivity index (χ0n) is 29.7. The highest BCUT2D eigenvalue weighted by Gasteiger charge is 2.59. The highest BCUT2D eigenvalue weighted by molar-refractivity contribution is 6.94. The first-order valence-electron chi connectivity index (χ1n) is 15.0. The van der Waals surface area contributed by atoms with E-state index in [1.54, 1.807) is 64.0 Å². The molecule has 0 amide bonds. The first kappa shape index (κ1) is 43.9. The Bertz CT molecular complexity index is 779. The quantitative estimate of drug-likeness (QED) is 0.108. The van der Waals surface area contributed by atoms with Gasteiger partial charge in [0.15, 0.2) is 6.86 Å². The summed E-state index contributed by atoms with van der Waals surface area (Å²) >= 11 is 0. The van der Waals surface area contributed by atoms with Gasteiger partial charge in [0.05, 0.1) is 0 Å². The van der Waals surface area contributed by atoms with Crippen LogP contribution in [0.15, 0.2) is 0 Å². The minimum Gasteiger partial charge on any atom is -0.416 e. The van der Waals surface area contributed by atoms with Gasteiger partial charge in [0.2, 0.25) is 0 Å². The van der Waals surface area contributed by atoms with Crippen LogP contribution in [0.5, 0.6) is 0 Å². The summed E-state index contributed by atoms with van der Waals surface area (Å²) in [5.74, 6) is 0. The van der Waals surface area contributed by atoms with Crippen molar-refractivity contribution < 1.29 is 65.4 Å². The molecule has 0 saturated carbocycles. The molecule has 1 heterocycles. The Morgan fingerprint density at radius 3 is 0.911 bits per heavy atom. The van der Waals surface area contributed by atoms with E-state index < -0.39 is 67.5 Å². The molecular formula is C23H59FO14Si7.